The predicted molar refractivity (Wildman–Crippen MR) is 75.4 cm³/mol. The van der Waals surface area contributed by atoms with Gasteiger partial charge in [0, 0.05) is 44.1 Å². The van der Waals surface area contributed by atoms with E-state index >= 15 is 0 Å². The first-order valence-electron chi connectivity index (χ1n) is 6.74. The number of pyridine rings is 1. The van der Waals surface area contributed by atoms with Crippen molar-refractivity contribution in [2.75, 3.05) is 19.6 Å². The lowest BCUT2D eigenvalue weighted by atomic mass is 9.92. The summed E-state index contributed by atoms with van der Waals surface area (Å²) in [4.78, 5) is 6.79. The van der Waals surface area contributed by atoms with Gasteiger partial charge in [0.25, 0.3) is 0 Å². The van der Waals surface area contributed by atoms with Crippen LogP contribution in [0.1, 0.15) is 33.3 Å². The van der Waals surface area contributed by atoms with Crippen molar-refractivity contribution in [3.05, 3.63) is 30.1 Å². The Morgan fingerprint density at radius 2 is 2.06 bits per heavy atom. The molecular weight excluding hydrogens is 222 g/mol. The van der Waals surface area contributed by atoms with Crippen molar-refractivity contribution in [1.82, 2.24) is 15.2 Å². The zero-order chi connectivity index (χ0) is 13.2. The highest BCUT2D eigenvalue weighted by atomic mass is 15.2. The van der Waals surface area contributed by atoms with E-state index in [9.17, 15) is 0 Å². The molecule has 3 nitrogen and oxygen atoms in total. The fraction of sp³-hybridized carbons (Fsp3) is 0.667. The summed E-state index contributed by atoms with van der Waals surface area (Å²) >= 11 is 0. The lowest BCUT2D eigenvalue weighted by Crippen LogP contribution is -2.48. The Kier molecular flexibility index (Phi) is 3.74. The van der Waals surface area contributed by atoms with Crippen LogP contribution in [0.4, 0.5) is 0 Å². The first-order chi connectivity index (χ1) is 8.39. The number of nitrogens with zero attached hydrogens (tertiary/aromatic N) is 2. The maximum Gasteiger partial charge on any atom is 0.0312 e. The summed E-state index contributed by atoms with van der Waals surface area (Å²) in [6.07, 6.45) is 3.81. The minimum absolute atomic E-state index is 0.184. The second kappa shape index (κ2) is 4.98. The molecule has 1 fully saturated rings. The van der Waals surface area contributed by atoms with Crippen molar-refractivity contribution in [2.24, 2.45) is 5.41 Å². The van der Waals surface area contributed by atoms with Gasteiger partial charge in [0.05, 0.1) is 0 Å². The van der Waals surface area contributed by atoms with Gasteiger partial charge in [0.2, 0.25) is 0 Å². The highest BCUT2D eigenvalue weighted by molar-refractivity contribution is 5.09. The average Bonchev–Trinajstić information content (AvgIpc) is 2.37. The zero-order valence-corrected chi connectivity index (χ0v) is 12.0. The fourth-order valence-electron chi connectivity index (χ4n) is 2.59. The molecule has 2 rings (SSSR count). The van der Waals surface area contributed by atoms with Crippen molar-refractivity contribution < 1.29 is 0 Å². The van der Waals surface area contributed by atoms with Crippen molar-refractivity contribution in [1.29, 1.82) is 0 Å². The molecule has 1 N–H and O–H groups in total. The van der Waals surface area contributed by atoms with Crippen LogP contribution < -0.4 is 5.32 Å². The Morgan fingerprint density at radius 3 is 2.72 bits per heavy atom. The van der Waals surface area contributed by atoms with Crippen LogP contribution in [0.2, 0.25) is 0 Å². The van der Waals surface area contributed by atoms with Crippen molar-refractivity contribution in [3.63, 3.8) is 0 Å². The summed E-state index contributed by atoms with van der Waals surface area (Å²) in [5.74, 6) is 0. The predicted octanol–water partition coefficient (Wildman–Crippen LogP) is 2.29. The molecule has 100 valence electrons. The SMILES string of the molecule is CC1(C)CNCC(C)(C)N(Cc2cccnc2)C1. The molecule has 1 aromatic heterocycles. The number of aromatic nitrogens is 1. The maximum atomic E-state index is 4.22. The van der Waals surface area contributed by atoms with E-state index in [2.05, 4.69) is 49.0 Å². The summed E-state index contributed by atoms with van der Waals surface area (Å²) in [5, 5.41) is 3.59. The molecule has 0 amide bonds. The Balaban J connectivity index is 2.16. The summed E-state index contributed by atoms with van der Waals surface area (Å²) < 4.78 is 0. The molecule has 0 atom stereocenters. The van der Waals surface area contributed by atoms with E-state index in [0.717, 1.165) is 26.2 Å². The van der Waals surface area contributed by atoms with Crippen molar-refractivity contribution >= 4 is 0 Å². The van der Waals surface area contributed by atoms with Crippen LogP contribution >= 0.6 is 0 Å². The molecule has 0 aromatic carbocycles. The molecule has 3 heteroatoms. The van der Waals surface area contributed by atoms with E-state index in [-0.39, 0.29) is 5.54 Å². The van der Waals surface area contributed by atoms with Gasteiger partial charge in [-0.1, -0.05) is 19.9 Å². The minimum atomic E-state index is 0.184. The van der Waals surface area contributed by atoms with Gasteiger partial charge in [0.15, 0.2) is 0 Å². The molecule has 18 heavy (non-hydrogen) atoms. The third-order valence-electron chi connectivity index (χ3n) is 3.73. The van der Waals surface area contributed by atoms with E-state index in [1.807, 2.05) is 18.5 Å². The van der Waals surface area contributed by atoms with Crippen LogP contribution in [-0.4, -0.2) is 35.1 Å². The topological polar surface area (TPSA) is 28.2 Å². The van der Waals surface area contributed by atoms with Crippen molar-refractivity contribution in [3.8, 4) is 0 Å². The lowest BCUT2D eigenvalue weighted by molar-refractivity contribution is 0.0919. The Bertz CT molecular complexity index is 384. The van der Waals surface area contributed by atoms with Crippen molar-refractivity contribution in [2.45, 2.75) is 39.8 Å². The van der Waals surface area contributed by atoms with Gasteiger partial charge in [-0.25, -0.2) is 0 Å². The zero-order valence-electron chi connectivity index (χ0n) is 12.0. The van der Waals surface area contributed by atoms with Gasteiger partial charge in [-0.3, -0.25) is 9.88 Å². The van der Waals surface area contributed by atoms with Crippen LogP contribution in [0.15, 0.2) is 24.5 Å². The third-order valence-corrected chi connectivity index (χ3v) is 3.73. The van der Waals surface area contributed by atoms with E-state index in [0.29, 0.717) is 5.41 Å². The monoisotopic (exact) mass is 247 g/mol. The van der Waals surface area contributed by atoms with Gasteiger partial charge in [0.1, 0.15) is 0 Å². The number of hydrogen-bond acceptors (Lipinski definition) is 3. The van der Waals surface area contributed by atoms with E-state index in [1.54, 1.807) is 0 Å². The quantitative estimate of drug-likeness (QED) is 0.869. The smallest absolute Gasteiger partial charge is 0.0312 e. The van der Waals surface area contributed by atoms with E-state index in [4.69, 9.17) is 0 Å². The molecule has 1 saturated heterocycles. The maximum absolute atomic E-state index is 4.22. The molecule has 0 unspecified atom stereocenters. The van der Waals surface area contributed by atoms with Crippen LogP contribution in [-0.2, 0) is 6.54 Å². The normalized spacial score (nSPS) is 23.6. The Labute approximate surface area is 111 Å². The van der Waals surface area contributed by atoms with Gasteiger partial charge >= 0.3 is 0 Å². The Morgan fingerprint density at radius 1 is 1.28 bits per heavy atom. The number of rotatable bonds is 2. The molecule has 0 spiro atoms. The number of hydrogen-bond donors (Lipinski definition) is 1. The highest BCUT2D eigenvalue weighted by Crippen LogP contribution is 2.27. The molecule has 0 aliphatic carbocycles. The van der Waals surface area contributed by atoms with Crippen LogP contribution in [0.25, 0.3) is 0 Å². The molecule has 1 aromatic rings. The van der Waals surface area contributed by atoms with E-state index in [1.165, 1.54) is 5.56 Å². The molecule has 2 heterocycles. The second-order valence-corrected chi connectivity index (χ2v) is 6.80. The fourth-order valence-corrected chi connectivity index (χ4v) is 2.59. The van der Waals surface area contributed by atoms with Gasteiger partial charge in [-0.05, 0) is 30.9 Å². The molecule has 1 aliphatic rings. The first kappa shape index (κ1) is 13.5. The molecule has 1 aliphatic heterocycles. The second-order valence-electron chi connectivity index (χ2n) is 6.80. The third kappa shape index (κ3) is 3.30. The minimum Gasteiger partial charge on any atom is -0.314 e. The largest absolute Gasteiger partial charge is 0.314 e. The van der Waals surface area contributed by atoms with Crippen LogP contribution in [0.5, 0.6) is 0 Å². The molecular formula is C15H25N3. The standard InChI is InChI=1S/C15H25N3/c1-14(2)10-17-11-15(3,4)18(12-14)9-13-6-5-7-16-8-13/h5-8,17H,9-12H2,1-4H3. The molecule has 0 bridgehead atoms. The summed E-state index contributed by atoms with van der Waals surface area (Å²) in [6.45, 7) is 13.5. The first-order valence-corrected chi connectivity index (χ1v) is 6.74. The molecule has 0 saturated carbocycles. The summed E-state index contributed by atoms with van der Waals surface area (Å²) in [7, 11) is 0. The van der Waals surface area contributed by atoms with Gasteiger partial charge in [-0.2, -0.15) is 0 Å². The lowest BCUT2D eigenvalue weighted by Gasteiger charge is -2.39. The van der Waals surface area contributed by atoms with Gasteiger partial charge < -0.3 is 5.32 Å². The molecule has 0 radical (unpaired) electrons. The summed E-state index contributed by atoms with van der Waals surface area (Å²) in [6, 6.07) is 4.18. The summed E-state index contributed by atoms with van der Waals surface area (Å²) in [5.41, 5.74) is 1.79. The Hall–Kier alpha value is -0.930. The number of nitrogens with one attached hydrogen (secondary N) is 1. The van der Waals surface area contributed by atoms with Crippen LogP contribution in [0.3, 0.4) is 0 Å². The average molecular weight is 247 g/mol. The van der Waals surface area contributed by atoms with Crippen LogP contribution in [0, 0.1) is 5.41 Å². The highest BCUT2D eigenvalue weighted by Gasteiger charge is 2.34. The van der Waals surface area contributed by atoms with E-state index < -0.39 is 0 Å². The van der Waals surface area contributed by atoms with Gasteiger partial charge in [-0.15, -0.1) is 0 Å².